The molecule has 0 aliphatic carbocycles. The van der Waals surface area contributed by atoms with Gasteiger partial charge in [-0.15, -0.1) is 0 Å². The Morgan fingerprint density at radius 2 is 2.08 bits per heavy atom. The molecule has 0 unspecified atom stereocenters. The van der Waals surface area contributed by atoms with Gasteiger partial charge in [0.1, 0.15) is 0 Å². The predicted molar refractivity (Wildman–Crippen MR) is 44.1 cm³/mol. The molecule has 3 nitrogen and oxygen atoms in total. The number of rotatable bonds is 3. The highest BCUT2D eigenvalue weighted by Crippen LogP contribution is 2.19. The number of hydrogen-bond acceptors (Lipinski definition) is 3. The second-order valence-corrected chi connectivity index (χ2v) is 3.30. The minimum Gasteiger partial charge on any atom is -0.318 e. The Hall–Kier alpha value is -0.480. The molecule has 0 atom stereocenters. The van der Waals surface area contributed by atoms with Crippen LogP contribution in [0.4, 0.5) is 4.39 Å². The molecule has 1 aliphatic heterocycles. The molecule has 12 heavy (non-hydrogen) atoms. The number of carbonyl (C=O) groups excluding carboxylic acids is 1. The first-order valence-corrected chi connectivity index (χ1v) is 4.33. The van der Waals surface area contributed by atoms with Gasteiger partial charge in [-0.3, -0.25) is 9.69 Å². The highest BCUT2D eigenvalue weighted by Gasteiger charge is 2.20. The van der Waals surface area contributed by atoms with Crippen molar-refractivity contribution in [2.45, 2.75) is 19.3 Å². The summed E-state index contributed by atoms with van der Waals surface area (Å²) in [6.45, 7) is 2.36. The van der Waals surface area contributed by atoms with Gasteiger partial charge < -0.3 is 5.73 Å². The average molecular weight is 174 g/mol. The summed E-state index contributed by atoms with van der Waals surface area (Å²) in [4.78, 5) is 12.3. The maximum absolute atomic E-state index is 12.0. The Bertz CT molecular complexity index is 155. The number of likely N-dealkylation sites (tertiary alicyclic amines) is 1. The molecule has 1 aliphatic rings. The van der Waals surface area contributed by atoms with Crippen LogP contribution in [0.3, 0.4) is 0 Å². The number of nitrogens with two attached hydrogens (primary N) is 1. The van der Waals surface area contributed by atoms with Crippen LogP contribution in [-0.4, -0.2) is 30.7 Å². The first-order valence-electron chi connectivity index (χ1n) is 4.33. The van der Waals surface area contributed by atoms with Gasteiger partial charge in [0.15, 0.2) is 0 Å². The minimum absolute atomic E-state index is 0.0956. The molecule has 0 radical (unpaired) electrons. The lowest BCUT2D eigenvalue weighted by Crippen LogP contribution is -2.37. The third kappa shape index (κ3) is 2.87. The van der Waals surface area contributed by atoms with Gasteiger partial charge in [-0.1, -0.05) is 0 Å². The first-order chi connectivity index (χ1) is 5.72. The average Bonchev–Trinajstić information content (AvgIpc) is 2.05. The Labute approximate surface area is 71.7 Å². The quantitative estimate of drug-likeness (QED) is 0.634. The van der Waals surface area contributed by atoms with Crippen LogP contribution in [0.5, 0.6) is 0 Å². The molecule has 0 amide bonds. The summed E-state index contributed by atoms with van der Waals surface area (Å²) in [5, 5.41) is 0. The van der Waals surface area contributed by atoms with Crippen molar-refractivity contribution >= 4 is 6.04 Å². The fourth-order valence-electron chi connectivity index (χ4n) is 1.60. The molecule has 2 N–H and O–H groups in total. The van der Waals surface area contributed by atoms with E-state index in [-0.39, 0.29) is 12.3 Å². The van der Waals surface area contributed by atoms with E-state index in [1.54, 1.807) is 0 Å². The summed E-state index contributed by atoms with van der Waals surface area (Å²) in [5.41, 5.74) is 5.43. The maximum Gasteiger partial charge on any atom is 0.301 e. The summed E-state index contributed by atoms with van der Waals surface area (Å²) in [5.74, 6) is 0.241. The van der Waals surface area contributed by atoms with Crippen LogP contribution in [0, 0.1) is 5.92 Å². The predicted octanol–water partition coefficient (Wildman–Crippen LogP) is 0.501. The van der Waals surface area contributed by atoms with Gasteiger partial charge in [0.25, 0.3) is 0 Å². The van der Waals surface area contributed by atoms with Crippen LogP contribution in [0.1, 0.15) is 19.3 Å². The van der Waals surface area contributed by atoms with E-state index >= 15 is 0 Å². The molecule has 1 fully saturated rings. The minimum atomic E-state index is -1.18. The summed E-state index contributed by atoms with van der Waals surface area (Å²) < 4.78 is 12.0. The Balaban J connectivity index is 2.21. The topological polar surface area (TPSA) is 46.3 Å². The van der Waals surface area contributed by atoms with E-state index in [1.165, 1.54) is 0 Å². The Kier molecular flexibility index (Phi) is 3.62. The van der Waals surface area contributed by atoms with Gasteiger partial charge in [-0.2, -0.15) is 4.39 Å². The number of piperidine rings is 1. The number of halogens is 1. The van der Waals surface area contributed by atoms with Crippen LogP contribution in [0.15, 0.2) is 0 Å². The molecular formula is C8H15FN2O. The van der Waals surface area contributed by atoms with Gasteiger partial charge in [-0.25, -0.2) is 0 Å². The lowest BCUT2D eigenvalue weighted by atomic mass is 9.94. The molecule has 70 valence electrons. The van der Waals surface area contributed by atoms with E-state index in [2.05, 4.69) is 4.90 Å². The van der Waals surface area contributed by atoms with Crippen LogP contribution in [-0.2, 0) is 4.79 Å². The van der Waals surface area contributed by atoms with E-state index in [0.29, 0.717) is 6.67 Å². The maximum atomic E-state index is 12.0. The van der Waals surface area contributed by atoms with E-state index < -0.39 is 6.04 Å². The number of nitrogens with zero attached hydrogens (tertiary/aromatic N) is 1. The van der Waals surface area contributed by atoms with Gasteiger partial charge in [-0.05, 0) is 31.8 Å². The molecular weight excluding hydrogens is 159 g/mol. The second kappa shape index (κ2) is 4.52. The number of hydrogen-bond donors (Lipinski definition) is 1. The van der Waals surface area contributed by atoms with Crippen LogP contribution >= 0.6 is 0 Å². The van der Waals surface area contributed by atoms with Crippen molar-refractivity contribution in [2.24, 2.45) is 11.7 Å². The third-order valence-electron chi connectivity index (χ3n) is 2.41. The van der Waals surface area contributed by atoms with Crippen molar-refractivity contribution in [3.63, 3.8) is 0 Å². The van der Waals surface area contributed by atoms with Gasteiger partial charge >= 0.3 is 6.04 Å². The molecule has 1 rings (SSSR count). The van der Waals surface area contributed by atoms with E-state index in [1.807, 2.05) is 0 Å². The van der Waals surface area contributed by atoms with Crippen LogP contribution in [0.25, 0.3) is 0 Å². The van der Waals surface area contributed by atoms with Gasteiger partial charge in [0, 0.05) is 13.1 Å². The highest BCUT2D eigenvalue weighted by molar-refractivity contribution is 5.68. The van der Waals surface area contributed by atoms with Gasteiger partial charge in [0.05, 0.1) is 0 Å². The molecule has 0 aromatic rings. The van der Waals surface area contributed by atoms with Crippen molar-refractivity contribution in [1.82, 2.24) is 4.90 Å². The number of carbonyl (C=O) groups is 1. The fraction of sp³-hybridized carbons (Fsp3) is 0.875. The molecule has 0 aromatic heterocycles. The molecule has 0 spiro atoms. The SMILES string of the molecule is NCN1CCC(CC(=O)F)CC1. The normalized spacial score (nSPS) is 21.2. The fourth-order valence-corrected chi connectivity index (χ4v) is 1.60. The third-order valence-corrected chi connectivity index (χ3v) is 2.41. The smallest absolute Gasteiger partial charge is 0.301 e. The van der Waals surface area contributed by atoms with Gasteiger partial charge in [0.2, 0.25) is 0 Å². The van der Waals surface area contributed by atoms with Crippen molar-refractivity contribution in [1.29, 1.82) is 0 Å². The molecule has 1 heterocycles. The summed E-state index contributed by atoms with van der Waals surface area (Å²) >= 11 is 0. The summed E-state index contributed by atoms with van der Waals surface area (Å²) in [6.07, 6.45) is 1.89. The molecule has 4 heteroatoms. The lowest BCUT2D eigenvalue weighted by molar-refractivity contribution is -0.130. The van der Waals surface area contributed by atoms with E-state index in [4.69, 9.17) is 5.73 Å². The zero-order valence-electron chi connectivity index (χ0n) is 7.13. The zero-order chi connectivity index (χ0) is 8.97. The standard InChI is InChI=1S/C8H15FN2O/c9-8(12)5-7-1-3-11(6-10)4-2-7/h7H,1-6,10H2. The first kappa shape index (κ1) is 9.61. The van der Waals surface area contributed by atoms with E-state index in [0.717, 1.165) is 25.9 Å². The highest BCUT2D eigenvalue weighted by atomic mass is 19.1. The second-order valence-electron chi connectivity index (χ2n) is 3.30. The van der Waals surface area contributed by atoms with Crippen molar-refractivity contribution < 1.29 is 9.18 Å². The lowest BCUT2D eigenvalue weighted by Gasteiger charge is -2.29. The van der Waals surface area contributed by atoms with Crippen molar-refractivity contribution in [3.05, 3.63) is 0 Å². The monoisotopic (exact) mass is 174 g/mol. The Morgan fingerprint density at radius 1 is 1.50 bits per heavy atom. The van der Waals surface area contributed by atoms with Crippen LogP contribution in [0.2, 0.25) is 0 Å². The molecule has 0 bridgehead atoms. The summed E-state index contributed by atoms with van der Waals surface area (Å²) in [6, 6.07) is -1.18. The van der Waals surface area contributed by atoms with Crippen LogP contribution < -0.4 is 5.73 Å². The van der Waals surface area contributed by atoms with E-state index in [9.17, 15) is 9.18 Å². The zero-order valence-corrected chi connectivity index (χ0v) is 7.13. The van der Waals surface area contributed by atoms with Crippen molar-refractivity contribution in [3.8, 4) is 0 Å². The molecule has 1 saturated heterocycles. The molecule has 0 aromatic carbocycles. The Morgan fingerprint density at radius 3 is 2.50 bits per heavy atom. The largest absolute Gasteiger partial charge is 0.318 e. The van der Waals surface area contributed by atoms with Crippen molar-refractivity contribution in [2.75, 3.05) is 19.8 Å². The summed E-state index contributed by atoms with van der Waals surface area (Å²) in [7, 11) is 0. The molecule has 0 saturated carbocycles.